The van der Waals surface area contributed by atoms with Crippen molar-refractivity contribution in [3.8, 4) is 5.75 Å². The zero-order chi connectivity index (χ0) is 17.8. The Morgan fingerprint density at radius 1 is 0.880 bits per heavy atom. The number of hydrogen-bond donors (Lipinski definition) is 2. The van der Waals surface area contributed by atoms with Crippen LogP contribution in [0.4, 0.5) is 17.1 Å². The number of non-ortho nitro benzene ring substituents is 1. The molecule has 0 aliphatic heterocycles. The van der Waals surface area contributed by atoms with E-state index in [-0.39, 0.29) is 22.8 Å². The van der Waals surface area contributed by atoms with E-state index in [2.05, 4.69) is 5.32 Å². The zero-order valence-electron chi connectivity index (χ0n) is 13.0. The van der Waals surface area contributed by atoms with Gasteiger partial charge in [0.25, 0.3) is 5.69 Å². The van der Waals surface area contributed by atoms with Gasteiger partial charge in [0.15, 0.2) is 5.78 Å². The molecular formula is C19H14N2O4. The number of para-hydroxylation sites is 1. The molecule has 0 unspecified atom stereocenters. The summed E-state index contributed by atoms with van der Waals surface area (Å²) in [6.45, 7) is 0. The van der Waals surface area contributed by atoms with Crippen molar-refractivity contribution >= 4 is 22.8 Å². The predicted octanol–water partition coefficient (Wildman–Crippen LogP) is 4.28. The number of anilines is 2. The summed E-state index contributed by atoms with van der Waals surface area (Å²) in [5, 5.41) is 23.5. The normalized spacial score (nSPS) is 10.2. The molecule has 0 radical (unpaired) electrons. The number of hydrogen-bond acceptors (Lipinski definition) is 5. The van der Waals surface area contributed by atoms with E-state index in [1.165, 1.54) is 18.2 Å². The number of nitro benzene ring substituents is 1. The minimum Gasteiger partial charge on any atom is -0.507 e. The molecule has 124 valence electrons. The quantitative estimate of drug-likeness (QED) is 0.413. The lowest BCUT2D eigenvalue weighted by molar-refractivity contribution is -0.384. The third-order valence-corrected chi connectivity index (χ3v) is 3.66. The van der Waals surface area contributed by atoms with Crippen LogP contribution < -0.4 is 5.32 Å². The fourth-order valence-electron chi connectivity index (χ4n) is 2.36. The van der Waals surface area contributed by atoms with E-state index in [1.807, 2.05) is 0 Å². The van der Waals surface area contributed by atoms with Crippen LogP contribution in [-0.2, 0) is 0 Å². The van der Waals surface area contributed by atoms with Gasteiger partial charge in [-0.25, -0.2) is 0 Å². The second kappa shape index (κ2) is 6.84. The monoisotopic (exact) mass is 334 g/mol. The van der Waals surface area contributed by atoms with Crippen molar-refractivity contribution in [3.05, 3.63) is 94.0 Å². The average molecular weight is 334 g/mol. The molecule has 25 heavy (non-hydrogen) atoms. The van der Waals surface area contributed by atoms with Crippen LogP contribution >= 0.6 is 0 Å². The summed E-state index contributed by atoms with van der Waals surface area (Å²) in [6, 6.07) is 19.2. The Morgan fingerprint density at radius 2 is 1.44 bits per heavy atom. The molecule has 0 saturated carbocycles. The average Bonchev–Trinajstić information content (AvgIpc) is 2.63. The van der Waals surface area contributed by atoms with Crippen molar-refractivity contribution < 1.29 is 14.8 Å². The lowest BCUT2D eigenvalue weighted by Crippen LogP contribution is -2.01. The molecule has 0 atom stereocenters. The fraction of sp³-hybridized carbons (Fsp3) is 0. The van der Waals surface area contributed by atoms with Crippen LogP contribution in [0, 0.1) is 10.1 Å². The van der Waals surface area contributed by atoms with Gasteiger partial charge in [-0.2, -0.15) is 0 Å². The first kappa shape index (κ1) is 16.2. The predicted molar refractivity (Wildman–Crippen MR) is 94.4 cm³/mol. The number of nitrogens with one attached hydrogen (secondary N) is 1. The summed E-state index contributed by atoms with van der Waals surface area (Å²) in [4.78, 5) is 22.6. The number of carbonyl (C=O) groups is 1. The lowest BCUT2D eigenvalue weighted by atomic mass is 10.0. The molecule has 0 aliphatic carbocycles. The van der Waals surface area contributed by atoms with E-state index in [1.54, 1.807) is 54.6 Å². The summed E-state index contributed by atoms with van der Waals surface area (Å²) in [5.41, 5.74) is 2.16. The van der Waals surface area contributed by atoms with Crippen molar-refractivity contribution in [2.24, 2.45) is 0 Å². The molecule has 0 heterocycles. The molecule has 3 aromatic rings. The maximum Gasteiger partial charge on any atom is 0.269 e. The third kappa shape index (κ3) is 3.64. The minimum absolute atomic E-state index is 0.0224. The number of phenolic OH excluding ortho intramolecular Hbond substituents is 1. The summed E-state index contributed by atoms with van der Waals surface area (Å²) in [6.07, 6.45) is 0. The van der Waals surface area contributed by atoms with Crippen LogP contribution in [0.3, 0.4) is 0 Å². The number of nitrogens with zero attached hydrogens (tertiary/aromatic N) is 1. The van der Waals surface area contributed by atoms with Crippen LogP contribution in [0.15, 0.2) is 72.8 Å². The Balaban J connectivity index is 1.75. The number of phenols is 1. The Morgan fingerprint density at radius 3 is 2.00 bits per heavy atom. The molecular weight excluding hydrogens is 320 g/mol. The van der Waals surface area contributed by atoms with Gasteiger partial charge < -0.3 is 10.4 Å². The summed E-state index contributed by atoms with van der Waals surface area (Å²) >= 11 is 0. The Labute approximate surface area is 143 Å². The van der Waals surface area contributed by atoms with Crippen molar-refractivity contribution in [2.45, 2.75) is 0 Å². The molecule has 6 heteroatoms. The largest absolute Gasteiger partial charge is 0.507 e. The van der Waals surface area contributed by atoms with Gasteiger partial charge >= 0.3 is 0 Å². The second-order valence-corrected chi connectivity index (χ2v) is 5.35. The number of rotatable bonds is 5. The van der Waals surface area contributed by atoms with E-state index in [9.17, 15) is 20.0 Å². The molecule has 0 spiro atoms. The Hall–Kier alpha value is -3.67. The lowest BCUT2D eigenvalue weighted by Gasteiger charge is -2.08. The molecule has 3 aromatic carbocycles. The molecule has 2 N–H and O–H groups in total. The van der Waals surface area contributed by atoms with Crippen LogP contribution in [-0.4, -0.2) is 15.8 Å². The van der Waals surface area contributed by atoms with Crippen molar-refractivity contribution in [2.75, 3.05) is 5.32 Å². The first-order chi connectivity index (χ1) is 12.0. The molecule has 3 rings (SSSR count). The van der Waals surface area contributed by atoms with Crippen LogP contribution in [0.5, 0.6) is 5.75 Å². The Bertz CT molecular complexity index is 919. The smallest absolute Gasteiger partial charge is 0.269 e. The van der Waals surface area contributed by atoms with Crippen molar-refractivity contribution in [1.82, 2.24) is 0 Å². The topological polar surface area (TPSA) is 92.5 Å². The standard InChI is InChI=1S/C19H14N2O4/c22-18-4-2-1-3-17(18)19(23)13-5-7-14(8-6-13)20-15-9-11-16(12-10-15)21(24)25/h1-12,20,22H. The van der Waals surface area contributed by atoms with E-state index in [4.69, 9.17) is 0 Å². The van der Waals surface area contributed by atoms with E-state index < -0.39 is 4.92 Å². The van der Waals surface area contributed by atoms with Gasteiger partial charge in [0.05, 0.1) is 10.5 Å². The van der Waals surface area contributed by atoms with Crippen molar-refractivity contribution in [1.29, 1.82) is 0 Å². The highest BCUT2D eigenvalue weighted by molar-refractivity contribution is 6.10. The highest BCUT2D eigenvalue weighted by Crippen LogP contribution is 2.23. The summed E-state index contributed by atoms with van der Waals surface area (Å²) in [7, 11) is 0. The highest BCUT2D eigenvalue weighted by Gasteiger charge is 2.12. The van der Waals surface area contributed by atoms with Gasteiger partial charge in [-0.15, -0.1) is 0 Å². The van der Waals surface area contributed by atoms with Crippen LogP contribution in [0.2, 0.25) is 0 Å². The fourth-order valence-corrected chi connectivity index (χ4v) is 2.36. The summed E-state index contributed by atoms with van der Waals surface area (Å²) in [5.74, 6) is -0.319. The number of aromatic hydroxyl groups is 1. The van der Waals surface area contributed by atoms with E-state index in [0.29, 0.717) is 11.3 Å². The van der Waals surface area contributed by atoms with Crippen LogP contribution in [0.1, 0.15) is 15.9 Å². The Kier molecular flexibility index (Phi) is 4.43. The molecule has 6 nitrogen and oxygen atoms in total. The number of carbonyl (C=O) groups excluding carboxylic acids is 1. The van der Waals surface area contributed by atoms with E-state index >= 15 is 0 Å². The second-order valence-electron chi connectivity index (χ2n) is 5.35. The highest BCUT2D eigenvalue weighted by atomic mass is 16.6. The zero-order valence-corrected chi connectivity index (χ0v) is 13.0. The van der Waals surface area contributed by atoms with Gasteiger partial charge in [-0.1, -0.05) is 12.1 Å². The van der Waals surface area contributed by atoms with Crippen molar-refractivity contribution in [3.63, 3.8) is 0 Å². The summed E-state index contributed by atoms with van der Waals surface area (Å²) < 4.78 is 0. The molecule has 0 aromatic heterocycles. The number of ketones is 1. The van der Waals surface area contributed by atoms with Crippen LogP contribution in [0.25, 0.3) is 0 Å². The maximum absolute atomic E-state index is 12.4. The SMILES string of the molecule is O=C(c1ccc(Nc2ccc([N+](=O)[O-])cc2)cc1)c1ccccc1O. The van der Waals surface area contributed by atoms with Gasteiger partial charge in [0.2, 0.25) is 0 Å². The van der Waals surface area contributed by atoms with Gasteiger partial charge in [0.1, 0.15) is 5.75 Å². The number of benzene rings is 3. The maximum atomic E-state index is 12.4. The van der Waals surface area contributed by atoms with E-state index in [0.717, 1.165) is 5.69 Å². The van der Waals surface area contributed by atoms with Gasteiger partial charge in [-0.05, 0) is 48.5 Å². The molecule has 0 fully saturated rings. The van der Waals surface area contributed by atoms with Gasteiger partial charge in [0, 0.05) is 29.1 Å². The molecule has 0 amide bonds. The third-order valence-electron chi connectivity index (χ3n) is 3.66. The molecule has 0 saturated heterocycles. The first-order valence-corrected chi connectivity index (χ1v) is 7.49. The minimum atomic E-state index is -0.455. The first-order valence-electron chi connectivity index (χ1n) is 7.49. The van der Waals surface area contributed by atoms with Gasteiger partial charge in [-0.3, -0.25) is 14.9 Å². The molecule has 0 bridgehead atoms. The molecule has 0 aliphatic rings. The number of nitro groups is 1.